The van der Waals surface area contributed by atoms with Gasteiger partial charge in [-0.2, -0.15) is 0 Å². The van der Waals surface area contributed by atoms with Crippen molar-refractivity contribution >= 4 is 29.1 Å². The Labute approximate surface area is 262 Å². The molecule has 1 aromatic carbocycles. The number of benzene rings is 1. The predicted molar refractivity (Wildman–Crippen MR) is 159 cm³/mol. The average molecular weight is 653 g/mol. The number of nitrogens with zero attached hydrogens (tertiary/aromatic N) is 5. The number of ether oxygens (including phenoxy) is 1. The third-order valence-corrected chi connectivity index (χ3v) is 9.51. The standard InChI is InChI=1S/C30H36F4N6O4S/c1-6-44-27(41)21-19(36-25(26-35-10-12-45-26)37-23(21)17-7-8-18(31)22(32)16(17)2)13-39-15-30(33,34)24-20(39)14-38(5)40(24)11-9-29(3,4)28(42)43/h7-8,10,12,20,23-24H,6,9,11,13-15H2,1-5H3,(H,36,37)(H,42,43)/t20-,23-,24+/m1/s1. The third kappa shape index (κ3) is 6.22. The number of carbonyl (C=O) groups is 2. The molecule has 45 heavy (non-hydrogen) atoms. The quantitative estimate of drug-likeness (QED) is 0.291. The minimum Gasteiger partial charge on any atom is -0.481 e. The molecule has 10 nitrogen and oxygen atoms in total. The van der Waals surface area contributed by atoms with Crippen LogP contribution in [0.5, 0.6) is 0 Å². The van der Waals surface area contributed by atoms with Gasteiger partial charge < -0.3 is 15.2 Å². The Morgan fingerprint density at radius 2 is 2.00 bits per heavy atom. The minimum absolute atomic E-state index is 0.00412. The van der Waals surface area contributed by atoms with E-state index < -0.39 is 59.6 Å². The van der Waals surface area contributed by atoms with Crippen molar-refractivity contribution < 1.29 is 37.0 Å². The molecule has 3 atom stereocenters. The van der Waals surface area contributed by atoms with Gasteiger partial charge in [0.05, 0.1) is 24.1 Å². The number of rotatable bonds is 10. The van der Waals surface area contributed by atoms with Crippen LogP contribution in [0.1, 0.15) is 49.4 Å². The molecule has 3 aliphatic heterocycles. The summed E-state index contributed by atoms with van der Waals surface area (Å²) in [6, 6.07) is -0.707. The van der Waals surface area contributed by atoms with E-state index >= 15 is 8.78 Å². The fourth-order valence-corrected chi connectivity index (χ4v) is 6.76. The van der Waals surface area contributed by atoms with Crippen LogP contribution in [0.3, 0.4) is 0 Å². The number of hydrogen-bond acceptors (Lipinski definition) is 10. The molecule has 4 heterocycles. The number of carboxylic acids is 1. The van der Waals surface area contributed by atoms with E-state index in [9.17, 15) is 23.5 Å². The number of likely N-dealkylation sites (N-methyl/N-ethyl adjacent to an activating group) is 1. The summed E-state index contributed by atoms with van der Waals surface area (Å²) >= 11 is 1.26. The number of halogens is 4. The number of alkyl halides is 2. The van der Waals surface area contributed by atoms with E-state index in [4.69, 9.17) is 9.73 Å². The first kappa shape index (κ1) is 33.0. The zero-order chi connectivity index (χ0) is 32.8. The second kappa shape index (κ2) is 12.4. The summed E-state index contributed by atoms with van der Waals surface area (Å²) in [5.74, 6) is -6.81. The van der Waals surface area contributed by atoms with Crippen LogP contribution in [-0.2, 0) is 14.3 Å². The molecule has 0 aliphatic carbocycles. The van der Waals surface area contributed by atoms with Gasteiger partial charge in [-0.1, -0.05) is 6.07 Å². The number of aliphatic imine (C=N–C) groups is 1. The average Bonchev–Trinajstić information content (AvgIpc) is 3.68. The zero-order valence-electron chi connectivity index (χ0n) is 25.6. The first-order chi connectivity index (χ1) is 21.2. The summed E-state index contributed by atoms with van der Waals surface area (Å²) in [7, 11) is 1.69. The van der Waals surface area contributed by atoms with Gasteiger partial charge in [0, 0.05) is 50.0 Å². The molecule has 5 rings (SSSR count). The van der Waals surface area contributed by atoms with Crippen LogP contribution in [0, 0.1) is 24.0 Å². The van der Waals surface area contributed by atoms with E-state index in [1.807, 2.05) is 0 Å². The highest BCUT2D eigenvalue weighted by Gasteiger charge is 2.61. The van der Waals surface area contributed by atoms with Gasteiger partial charge >= 0.3 is 11.9 Å². The number of hydrogen-bond donors (Lipinski definition) is 2. The molecule has 0 radical (unpaired) electrons. The molecule has 0 unspecified atom stereocenters. The lowest BCUT2D eigenvalue weighted by molar-refractivity contribution is -0.149. The van der Waals surface area contributed by atoms with Gasteiger partial charge in [0.1, 0.15) is 12.1 Å². The first-order valence-corrected chi connectivity index (χ1v) is 15.5. The second-order valence-electron chi connectivity index (χ2n) is 12.2. The number of carbonyl (C=O) groups excluding carboxylic acids is 1. The number of aromatic nitrogens is 1. The summed E-state index contributed by atoms with van der Waals surface area (Å²) < 4.78 is 65.9. The molecule has 0 saturated carbocycles. The predicted octanol–water partition coefficient (Wildman–Crippen LogP) is 3.99. The number of thiazole rings is 1. The van der Waals surface area contributed by atoms with Crippen molar-refractivity contribution in [3.05, 3.63) is 62.7 Å². The molecule has 2 N–H and O–H groups in total. The van der Waals surface area contributed by atoms with Crippen LogP contribution >= 0.6 is 11.3 Å². The SMILES string of the molecule is CCOC(=O)C1=C(CN2CC(F)(F)[C@@H]3[C@H]2CN(C)N3CCC(C)(C)C(=O)O)NC(c2nccs2)=N[C@@H]1c1ccc(F)c(F)c1C. The van der Waals surface area contributed by atoms with Crippen molar-refractivity contribution in [2.45, 2.75) is 58.2 Å². The number of amidine groups is 1. The zero-order valence-corrected chi connectivity index (χ0v) is 26.4. The molecule has 1 aromatic heterocycles. The number of nitrogens with one attached hydrogen (secondary N) is 1. The van der Waals surface area contributed by atoms with E-state index in [1.54, 1.807) is 54.3 Å². The number of fused-ring (bicyclic) bond motifs is 1. The monoisotopic (exact) mass is 652 g/mol. The number of likely N-dealkylation sites (tertiary alicyclic amines) is 1. The Hall–Kier alpha value is -3.40. The van der Waals surface area contributed by atoms with Gasteiger partial charge in [-0.3, -0.25) is 14.7 Å². The van der Waals surface area contributed by atoms with Gasteiger partial charge in [-0.05, 0) is 51.3 Å². The summed E-state index contributed by atoms with van der Waals surface area (Å²) in [4.78, 5) is 35.8. The minimum atomic E-state index is -3.16. The Kier molecular flexibility index (Phi) is 9.10. The smallest absolute Gasteiger partial charge is 0.338 e. The van der Waals surface area contributed by atoms with E-state index in [1.165, 1.54) is 24.3 Å². The molecule has 2 saturated heterocycles. The van der Waals surface area contributed by atoms with Gasteiger partial charge in [-0.15, -0.1) is 11.3 Å². The highest BCUT2D eigenvalue weighted by Crippen LogP contribution is 2.43. The lowest BCUT2D eigenvalue weighted by Crippen LogP contribution is -2.49. The van der Waals surface area contributed by atoms with Crippen molar-refractivity contribution in [2.24, 2.45) is 10.4 Å². The van der Waals surface area contributed by atoms with Crippen LogP contribution in [0.25, 0.3) is 0 Å². The molecular formula is C30H36F4N6O4S. The van der Waals surface area contributed by atoms with Gasteiger partial charge in [-0.25, -0.2) is 37.4 Å². The summed E-state index contributed by atoms with van der Waals surface area (Å²) in [5, 5.41) is 18.1. The molecular weight excluding hydrogens is 616 g/mol. The van der Waals surface area contributed by atoms with E-state index in [0.717, 1.165) is 6.07 Å². The molecule has 244 valence electrons. The Balaban J connectivity index is 1.54. The maximum absolute atomic E-state index is 15.8. The van der Waals surface area contributed by atoms with Crippen molar-refractivity contribution in [1.29, 1.82) is 0 Å². The van der Waals surface area contributed by atoms with Crippen LogP contribution in [0.2, 0.25) is 0 Å². The van der Waals surface area contributed by atoms with Gasteiger partial charge in [0.25, 0.3) is 5.92 Å². The number of aliphatic carboxylic acids is 1. The van der Waals surface area contributed by atoms with Crippen molar-refractivity contribution in [2.75, 3.05) is 39.8 Å². The molecule has 0 bridgehead atoms. The Morgan fingerprint density at radius 3 is 2.64 bits per heavy atom. The highest BCUT2D eigenvalue weighted by atomic mass is 32.1. The Morgan fingerprint density at radius 1 is 1.27 bits per heavy atom. The van der Waals surface area contributed by atoms with Crippen molar-refractivity contribution in [3.8, 4) is 0 Å². The largest absolute Gasteiger partial charge is 0.481 e. The van der Waals surface area contributed by atoms with E-state index in [-0.39, 0.29) is 60.9 Å². The van der Waals surface area contributed by atoms with E-state index in [0.29, 0.717) is 5.01 Å². The van der Waals surface area contributed by atoms with Crippen LogP contribution in [0.4, 0.5) is 17.6 Å². The summed E-state index contributed by atoms with van der Waals surface area (Å²) in [6.45, 7) is 5.77. The molecule has 15 heteroatoms. The number of hydrazine groups is 1. The lowest BCUT2D eigenvalue weighted by atomic mass is 9.89. The highest BCUT2D eigenvalue weighted by molar-refractivity contribution is 7.11. The molecule has 0 amide bonds. The van der Waals surface area contributed by atoms with Crippen molar-refractivity contribution in [3.63, 3.8) is 0 Å². The summed E-state index contributed by atoms with van der Waals surface area (Å²) in [5.41, 5.74) is -0.675. The summed E-state index contributed by atoms with van der Waals surface area (Å²) in [6.07, 6.45) is 1.72. The molecule has 3 aliphatic rings. The first-order valence-electron chi connectivity index (χ1n) is 14.6. The van der Waals surface area contributed by atoms with Crippen molar-refractivity contribution in [1.82, 2.24) is 25.2 Å². The third-order valence-electron chi connectivity index (χ3n) is 8.73. The van der Waals surface area contributed by atoms with Crippen LogP contribution in [-0.4, -0.2) is 101 Å². The van der Waals surface area contributed by atoms with Gasteiger partial charge in [0.2, 0.25) is 0 Å². The fourth-order valence-electron chi connectivity index (χ4n) is 6.18. The maximum Gasteiger partial charge on any atom is 0.338 e. The lowest BCUT2D eigenvalue weighted by Gasteiger charge is -2.33. The van der Waals surface area contributed by atoms with E-state index in [2.05, 4.69) is 10.3 Å². The maximum atomic E-state index is 15.8. The molecule has 2 aromatic rings. The Bertz CT molecular complexity index is 1530. The topological polar surface area (TPSA) is 111 Å². The fraction of sp³-hybridized carbons (Fsp3) is 0.533. The number of carboxylic acid groups (broad SMARTS) is 1. The van der Waals surface area contributed by atoms with Crippen LogP contribution < -0.4 is 5.32 Å². The molecule has 2 fully saturated rings. The normalized spacial score (nSPS) is 24.0. The number of esters is 1. The second-order valence-corrected chi connectivity index (χ2v) is 13.0. The molecule has 0 spiro atoms. The van der Waals surface area contributed by atoms with Crippen LogP contribution in [0.15, 0.2) is 40.0 Å². The van der Waals surface area contributed by atoms with Gasteiger partial charge in [0.15, 0.2) is 22.5 Å².